The van der Waals surface area contributed by atoms with Gasteiger partial charge in [-0.2, -0.15) is 0 Å². The van der Waals surface area contributed by atoms with Crippen molar-refractivity contribution in [3.05, 3.63) is 59.8 Å². The molecule has 7 nitrogen and oxygen atoms in total. The number of hydrogen-bond donors (Lipinski definition) is 0. The Bertz CT molecular complexity index is 878. The van der Waals surface area contributed by atoms with Crippen molar-refractivity contribution in [2.45, 2.75) is 58.3 Å². The zero-order chi connectivity index (χ0) is 22.4. The standard InChI is InChI=1S/C24H31N3O4/c1-24(2,3)31-22(28)26(4)21-14-13-19(16-25-21)20-12-8-9-15-27(20)23(29)30-17-18-10-6-5-7-11-18/h5-7,10-11,13-14,16,20H,8-9,12,15,17H2,1-4H3. The predicted molar refractivity (Wildman–Crippen MR) is 119 cm³/mol. The molecule has 2 heterocycles. The molecule has 0 aliphatic carbocycles. The van der Waals surface area contributed by atoms with Gasteiger partial charge in [-0.05, 0) is 57.2 Å². The summed E-state index contributed by atoms with van der Waals surface area (Å²) in [6.45, 7) is 6.37. The summed E-state index contributed by atoms with van der Waals surface area (Å²) in [6.07, 6.45) is 3.78. The van der Waals surface area contributed by atoms with Crippen LogP contribution in [0.2, 0.25) is 0 Å². The van der Waals surface area contributed by atoms with E-state index < -0.39 is 11.7 Å². The Balaban J connectivity index is 1.66. The van der Waals surface area contributed by atoms with Gasteiger partial charge in [0.1, 0.15) is 18.0 Å². The van der Waals surface area contributed by atoms with Gasteiger partial charge in [0.15, 0.2) is 0 Å². The number of anilines is 1. The molecule has 1 saturated heterocycles. The second-order valence-electron chi connectivity index (χ2n) is 8.73. The predicted octanol–water partition coefficient (Wildman–Crippen LogP) is 5.32. The van der Waals surface area contributed by atoms with Crippen LogP contribution in [0.15, 0.2) is 48.7 Å². The number of nitrogens with zero attached hydrogens (tertiary/aromatic N) is 3. The lowest BCUT2D eigenvalue weighted by atomic mass is 9.97. The van der Waals surface area contributed by atoms with E-state index in [1.165, 1.54) is 4.90 Å². The normalized spacial score (nSPS) is 16.5. The Morgan fingerprint density at radius 1 is 1.13 bits per heavy atom. The van der Waals surface area contributed by atoms with Gasteiger partial charge in [-0.3, -0.25) is 4.90 Å². The van der Waals surface area contributed by atoms with E-state index in [0.29, 0.717) is 12.4 Å². The molecule has 2 amide bonds. The second kappa shape index (κ2) is 9.81. The molecule has 1 aliphatic rings. The fourth-order valence-corrected chi connectivity index (χ4v) is 3.52. The number of rotatable bonds is 4. The summed E-state index contributed by atoms with van der Waals surface area (Å²) in [5.74, 6) is 0.493. The van der Waals surface area contributed by atoms with Crippen molar-refractivity contribution in [2.24, 2.45) is 0 Å². The summed E-state index contributed by atoms with van der Waals surface area (Å²) >= 11 is 0. The van der Waals surface area contributed by atoms with Gasteiger partial charge in [0, 0.05) is 19.8 Å². The molecule has 1 aromatic carbocycles. The molecule has 166 valence electrons. The number of amides is 2. The SMILES string of the molecule is CN(C(=O)OC(C)(C)C)c1ccc(C2CCCCN2C(=O)OCc2ccccc2)cn1. The van der Waals surface area contributed by atoms with Crippen molar-refractivity contribution in [3.63, 3.8) is 0 Å². The minimum atomic E-state index is -0.575. The zero-order valence-electron chi connectivity index (χ0n) is 18.7. The first-order chi connectivity index (χ1) is 14.7. The lowest BCUT2D eigenvalue weighted by molar-refractivity contribution is 0.0588. The largest absolute Gasteiger partial charge is 0.445 e. The summed E-state index contributed by atoms with van der Waals surface area (Å²) in [7, 11) is 1.63. The van der Waals surface area contributed by atoms with Crippen LogP contribution >= 0.6 is 0 Å². The average Bonchev–Trinajstić information content (AvgIpc) is 2.76. The van der Waals surface area contributed by atoms with Crippen LogP contribution in [0.4, 0.5) is 15.4 Å². The molecule has 1 aromatic heterocycles. The number of carbonyl (C=O) groups excluding carboxylic acids is 2. The Morgan fingerprint density at radius 2 is 1.87 bits per heavy atom. The lowest BCUT2D eigenvalue weighted by Gasteiger charge is -2.35. The van der Waals surface area contributed by atoms with Crippen LogP contribution in [0.5, 0.6) is 0 Å². The Morgan fingerprint density at radius 3 is 2.52 bits per heavy atom. The maximum Gasteiger partial charge on any atom is 0.415 e. The Hall–Kier alpha value is -3.09. The van der Waals surface area contributed by atoms with Gasteiger partial charge in [0.25, 0.3) is 0 Å². The minimum Gasteiger partial charge on any atom is -0.445 e. The van der Waals surface area contributed by atoms with Gasteiger partial charge >= 0.3 is 12.2 Å². The number of piperidine rings is 1. The van der Waals surface area contributed by atoms with Crippen molar-refractivity contribution in [2.75, 3.05) is 18.5 Å². The highest BCUT2D eigenvalue weighted by molar-refractivity contribution is 5.85. The third-order valence-electron chi connectivity index (χ3n) is 5.11. The van der Waals surface area contributed by atoms with E-state index in [-0.39, 0.29) is 18.7 Å². The third-order valence-corrected chi connectivity index (χ3v) is 5.11. The number of likely N-dealkylation sites (tertiary alicyclic amines) is 1. The summed E-state index contributed by atoms with van der Waals surface area (Å²) in [5.41, 5.74) is 1.31. The molecule has 1 aliphatic heterocycles. The van der Waals surface area contributed by atoms with Gasteiger partial charge in [-0.1, -0.05) is 36.4 Å². The van der Waals surface area contributed by atoms with E-state index in [0.717, 1.165) is 30.4 Å². The summed E-state index contributed by atoms with van der Waals surface area (Å²) in [4.78, 5) is 32.6. The number of ether oxygens (including phenoxy) is 2. The van der Waals surface area contributed by atoms with Crippen LogP contribution in [-0.4, -0.2) is 41.3 Å². The molecule has 3 rings (SSSR count). The number of aromatic nitrogens is 1. The first kappa shape index (κ1) is 22.6. The molecular formula is C24H31N3O4. The van der Waals surface area contributed by atoms with Crippen LogP contribution in [-0.2, 0) is 16.1 Å². The monoisotopic (exact) mass is 425 g/mol. The van der Waals surface area contributed by atoms with Crippen molar-refractivity contribution >= 4 is 18.0 Å². The molecule has 2 aromatic rings. The molecule has 7 heteroatoms. The zero-order valence-corrected chi connectivity index (χ0v) is 18.7. The van der Waals surface area contributed by atoms with Crippen LogP contribution in [0.25, 0.3) is 0 Å². The molecule has 0 bridgehead atoms. The summed E-state index contributed by atoms with van der Waals surface area (Å²) in [6, 6.07) is 13.3. The fourth-order valence-electron chi connectivity index (χ4n) is 3.52. The highest BCUT2D eigenvalue weighted by Gasteiger charge is 2.30. The number of hydrogen-bond acceptors (Lipinski definition) is 5. The van der Waals surface area contributed by atoms with Gasteiger partial charge in [-0.25, -0.2) is 14.6 Å². The van der Waals surface area contributed by atoms with Crippen molar-refractivity contribution in [1.29, 1.82) is 0 Å². The van der Waals surface area contributed by atoms with Crippen molar-refractivity contribution in [1.82, 2.24) is 9.88 Å². The smallest absolute Gasteiger partial charge is 0.415 e. The van der Waals surface area contributed by atoms with Crippen LogP contribution < -0.4 is 4.90 Å². The molecule has 1 fully saturated rings. The van der Waals surface area contributed by atoms with E-state index in [1.807, 2.05) is 57.2 Å². The van der Waals surface area contributed by atoms with Gasteiger partial charge in [0.05, 0.1) is 6.04 Å². The average molecular weight is 426 g/mol. The number of pyridine rings is 1. The van der Waals surface area contributed by atoms with Crippen LogP contribution in [0.1, 0.15) is 57.2 Å². The van der Waals surface area contributed by atoms with E-state index in [4.69, 9.17) is 9.47 Å². The summed E-state index contributed by atoms with van der Waals surface area (Å²) < 4.78 is 10.9. The molecule has 1 atom stereocenters. The van der Waals surface area contributed by atoms with Gasteiger partial charge in [0.2, 0.25) is 0 Å². The minimum absolute atomic E-state index is 0.0922. The molecule has 0 spiro atoms. The first-order valence-corrected chi connectivity index (χ1v) is 10.6. The lowest BCUT2D eigenvalue weighted by Crippen LogP contribution is -2.39. The van der Waals surface area contributed by atoms with E-state index in [1.54, 1.807) is 24.2 Å². The molecule has 31 heavy (non-hydrogen) atoms. The molecule has 1 unspecified atom stereocenters. The first-order valence-electron chi connectivity index (χ1n) is 10.6. The Kier molecular flexibility index (Phi) is 7.15. The molecular weight excluding hydrogens is 394 g/mol. The highest BCUT2D eigenvalue weighted by atomic mass is 16.6. The van der Waals surface area contributed by atoms with E-state index in [2.05, 4.69) is 4.98 Å². The van der Waals surface area contributed by atoms with Crippen LogP contribution in [0.3, 0.4) is 0 Å². The summed E-state index contributed by atoms with van der Waals surface area (Å²) in [5, 5.41) is 0. The molecule has 0 N–H and O–H groups in total. The quantitative estimate of drug-likeness (QED) is 0.663. The molecule has 0 radical (unpaired) electrons. The van der Waals surface area contributed by atoms with E-state index in [9.17, 15) is 9.59 Å². The van der Waals surface area contributed by atoms with Crippen molar-refractivity contribution < 1.29 is 19.1 Å². The highest BCUT2D eigenvalue weighted by Crippen LogP contribution is 2.32. The number of benzene rings is 1. The maximum atomic E-state index is 12.8. The number of carbonyl (C=O) groups is 2. The third kappa shape index (κ3) is 6.20. The van der Waals surface area contributed by atoms with E-state index >= 15 is 0 Å². The second-order valence-corrected chi connectivity index (χ2v) is 8.73. The molecule has 0 saturated carbocycles. The topological polar surface area (TPSA) is 72.0 Å². The van der Waals surface area contributed by atoms with Crippen molar-refractivity contribution in [3.8, 4) is 0 Å². The van der Waals surface area contributed by atoms with Gasteiger partial charge < -0.3 is 14.4 Å². The van der Waals surface area contributed by atoms with Gasteiger partial charge in [-0.15, -0.1) is 0 Å². The Labute approximate surface area is 184 Å². The maximum absolute atomic E-state index is 12.8. The van der Waals surface area contributed by atoms with Crippen LogP contribution in [0, 0.1) is 0 Å². The fraction of sp³-hybridized carbons (Fsp3) is 0.458.